The van der Waals surface area contributed by atoms with Crippen LogP contribution in [0.2, 0.25) is 0 Å². The van der Waals surface area contributed by atoms with E-state index in [9.17, 15) is 10.2 Å². The molecule has 1 aromatic rings. The second kappa shape index (κ2) is 8.73. The third-order valence-electron chi connectivity index (χ3n) is 2.11. The van der Waals surface area contributed by atoms with Gasteiger partial charge < -0.3 is 30.1 Å². The minimum absolute atomic E-state index is 0.0379. The minimum atomic E-state index is -0.382. The largest absolute Gasteiger partial charge is 0.504 e. The first-order chi connectivity index (χ1) is 9.70. The third kappa shape index (κ3) is 4.75. The van der Waals surface area contributed by atoms with Crippen LogP contribution in [0, 0.1) is 0 Å². The minimum Gasteiger partial charge on any atom is -0.504 e. The standard InChI is InChI=1S/C12H16N2O6/c15-3-5-19-13-7-9-1-2-10(12(18)11(9)17)8-14-20-6-4-16/h1-2,7-8,15-18H,3-6H2/b13-7+,14-8+. The van der Waals surface area contributed by atoms with Gasteiger partial charge in [0.05, 0.1) is 25.6 Å². The SMILES string of the molecule is OCCO/N=C/c1ccc(/C=N/OCCO)c(O)c1O. The van der Waals surface area contributed by atoms with Gasteiger partial charge in [0, 0.05) is 11.1 Å². The fraction of sp³-hybridized carbons (Fsp3) is 0.333. The molecular weight excluding hydrogens is 268 g/mol. The first-order valence-corrected chi connectivity index (χ1v) is 5.78. The van der Waals surface area contributed by atoms with Crippen molar-refractivity contribution in [3.8, 4) is 11.5 Å². The Morgan fingerprint density at radius 1 is 0.850 bits per heavy atom. The van der Waals surface area contributed by atoms with Gasteiger partial charge in [-0.3, -0.25) is 0 Å². The van der Waals surface area contributed by atoms with Gasteiger partial charge in [0.15, 0.2) is 11.5 Å². The maximum atomic E-state index is 9.75. The van der Waals surface area contributed by atoms with Crippen LogP contribution >= 0.6 is 0 Å². The molecule has 0 aliphatic heterocycles. The maximum Gasteiger partial charge on any atom is 0.167 e. The van der Waals surface area contributed by atoms with E-state index in [0.29, 0.717) is 0 Å². The van der Waals surface area contributed by atoms with Gasteiger partial charge >= 0.3 is 0 Å². The van der Waals surface area contributed by atoms with E-state index in [-0.39, 0.29) is 49.1 Å². The molecule has 8 heteroatoms. The molecule has 0 saturated heterocycles. The molecule has 0 saturated carbocycles. The lowest BCUT2D eigenvalue weighted by Gasteiger charge is -2.04. The summed E-state index contributed by atoms with van der Waals surface area (Å²) in [5.41, 5.74) is 0.489. The summed E-state index contributed by atoms with van der Waals surface area (Å²) in [5, 5.41) is 43.5. The lowest BCUT2D eigenvalue weighted by Crippen LogP contribution is -1.95. The van der Waals surface area contributed by atoms with Gasteiger partial charge in [-0.2, -0.15) is 0 Å². The molecule has 1 rings (SSSR count). The number of phenolic OH excluding ortho intramolecular Hbond substituents is 2. The Kier molecular flexibility index (Phi) is 6.87. The second-order valence-corrected chi connectivity index (χ2v) is 3.52. The van der Waals surface area contributed by atoms with Crippen molar-refractivity contribution >= 4 is 12.4 Å². The number of hydrogen-bond donors (Lipinski definition) is 4. The van der Waals surface area contributed by atoms with E-state index in [2.05, 4.69) is 20.0 Å². The van der Waals surface area contributed by atoms with Crippen molar-refractivity contribution in [3.05, 3.63) is 23.3 Å². The summed E-state index contributed by atoms with van der Waals surface area (Å²) in [5.74, 6) is -0.764. The molecular formula is C12H16N2O6. The van der Waals surface area contributed by atoms with E-state index >= 15 is 0 Å². The summed E-state index contributed by atoms with van der Waals surface area (Å²) >= 11 is 0. The molecule has 0 aromatic heterocycles. The van der Waals surface area contributed by atoms with Gasteiger partial charge in [0.25, 0.3) is 0 Å². The number of aliphatic hydroxyl groups excluding tert-OH is 2. The van der Waals surface area contributed by atoms with Gasteiger partial charge in [-0.15, -0.1) is 0 Å². The summed E-state index contributed by atoms with van der Waals surface area (Å²) in [6.07, 6.45) is 2.40. The predicted molar refractivity (Wildman–Crippen MR) is 71.0 cm³/mol. The number of hydrogen-bond acceptors (Lipinski definition) is 8. The Morgan fingerprint density at radius 2 is 1.25 bits per heavy atom. The van der Waals surface area contributed by atoms with Gasteiger partial charge in [0.2, 0.25) is 0 Å². The molecule has 0 heterocycles. The molecule has 0 amide bonds. The normalized spacial score (nSPS) is 11.3. The van der Waals surface area contributed by atoms with Crippen LogP contribution in [0.1, 0.15) is 11.1 Å². The average Bonchev–Trinajstić information content (AvgIpc) is 2.46. The summed E-state index contributed by atoms with van der Waals surface area (Å²) in [6, 6.07) is 2.99. The molecule has 0 fully saturated rings. The van der Waals surface area contributed by atoms with E-state index in [4.69, 9.17) is 10.2 Å². The molecule has 0 spiro atoms. The molecule has 110 valence electrons. The molecule has 4 N–H and O–H groups in total. The fourth-order valence-corrected chi connectivity index (χ4v) is 1.19. The van der Waals surface area contributed by atoms with Crippen molar-refractivity contribution in [2.24, 2.45) is 10.3 Å². The molecule has 0 radical (unpaired) electrons. The smallest absolute Gasteiger partial charge is 0.167 e. The first-order valence-electron chi connectivity index (χ1n) is 5.78. The number of oxime groups is 2. The number of phenols is 2. The Hall–Kier alpha value is -2.32. The second-order valence-electron chi connectivity index (χ2n) is 3.52. The number of rotatable bonds is 8. The molecule has 1 aromatic carbocycles. The predicted octanol–water partition coefficient (Wildman–Crippen LogP) is -0.217. The lowest BCUT2D eigenvalue weighted by molar-refractivity contribution is 0.0997. The molecule has 0 aliphatic carbocycles. The lowest BCUT2D eigenvalue weighted by atomic mass is 10.1. The van der Waals surface area contributed by atoms with E-state index in [0.717, 1.165) is 0 Å². The number of aliphatic hydroxyl groups is 2. The monoisotopic (exact) mass is 284 g/mol. The zero-order valence-corrected chi connectivity index (χ0v) is 10.6. The van der Waals surface area contributed by atoms with Crippen LogP contribution in [0.15, 0.2) is 22.4 Å². The van der Waals surface area contributed by atoms with E-state index in [1.54, 1.807) is 0 Å². The van der Waals surface area contributed by atoms with Gasteiger partial charge in [-0.1, -0.05) is 10.3 Å². The molecule has 8 nitrogen and oxygen atoms in total. The zero-order valence-electron chi connectivity index (χ0n) is 10.6. The van der Waals surface area contributed by atoms with E-state index in [1.165, 1.54) is 24.6 Å². The summed E-state index contributed by atoms with van der Waals surface area (Å²) in [4.78, 5) is 9.32. The first kappa shape index (κ1) is 15.7. The van der Waals surface area contributed by atoms with Gasteiger partial charge in [-0.25, -0.2) is 0 Å². The van der Waals surface area contributed by atoms with Crippen LogP contribution in [-0.2, 0) is 9.68 Å². The zero-order chi connectivity index (χ0) is 14.8. The van der Waals surface area contributed by atoms with Crippen molar-refractivity contribution in [1.29, 1.82) is 0 Å². The van der Waals surface area contributed by atoms with Crippen LogP contribution in [-0.4, -0.2) is 59.3 Å². The summed E-state index contributed by atoms with van der Waals surface area (Å²) < 4.78 is 0. The van der Waals surface area contributed by atoms with Crippen molar-refractivity contribution in [2.75, 3.05) is 26.4 Å². The highest BCUT2D eigenvalue weighted by molar-refractivity contribution is 5.90. The van der Waals surface area contributed by atoms with Gasteiger partial charge in [-0.05, 0) is 12.1 Å². The number of nitrogens with zero attached hydrogens (tertiary/aromatic N) is 2. The van der Waals surface area contributed by atoms with E-state index in [1.807, 2.05) is 0 Å². The Bertz CT molecular complexity index is 432. The van der Waals surface area contributed by atoms with Crippen molar-refractivity contribution in [2.45, 2.75) is 0 Å². The molecule has 0 atom stereocenters. The highest BCUT2D eigenvalue weighted by Crippen LogP contribution is 2.30. The summed E-state index contributed by atoms with van der Waals surface area (Å²) in [7, 11) is 0. The maximum absolute atomic E-state index is 9.75. The molecule has 0 unspecified atom stereocenters. The Morgan fingerprint density at radius 3 is 1.60 bits per heavy atom. The van der Waals surface area contributed by atoms with Crippen molar-refractivity contribution in [3.63, 3.8) is 0 Å². The summed E-state index contributed by atoms with van der Waals surface area (Å²) in [6.45, 7) is -0.262. The number of benzene rings is 1. The van der Waals surface area contributed by atoms with Crippen LogP contribution in [0.3, 0.4) is 0 Å². The van der Waals surface area contributed by atoms with Crippen LogP contribution < -0.4 is 0 Å². The average molecular weight is 284 g/mol. The molecule has 20 heavy (non-hydrogen) atoms. The van der Waals surface area contributed by atoms with Crippen molar-refractivity contribution < 1.29 is 30.1 Å². The van der Waals surface area contributed by atoms with E-state index < -0.39 is 0 Å². The van der Waals surface area contributed by atoms with Crippen LogP contribution in [0.25, 0.3) is 0 Å². The quantitative estimate of drug-likeness (QED) is 0.226. The van der Waals surface area contributed by atoms with Crippen LogP contribution in [0.5, 0.6) is 11.5 Å². The highest BCUT2D eigenvalue weighted by atomic mass is 16.6. The van der Waals surface area contributed by atoms with Crippen molar-refractivity contribution in [1.82, 2.24) is 0 Å². The molecule has 0 aliphatic rings. The Labute approximate surface area is 115 Å². The Balaban J connectivity index is 2.76. The third-order valence-corrected chi connectivity index (χ3v) is 2.11. The number of aromatic hydroxyl groups is 2. The fourth-order valence-electron chi connectivity index (χ4n) is 1.19. The highest BCUT2D eigenvalue weighted by Gasteiger charge is 2.09. The van der Waals surface area contributed by atoms with Gasteiger partial charge in [0.1, 0.15) is 13.2 Å². The molecule has 0 bridgehead atoms. The van der Waals surface area contributed by atoms with Crippen LogP contribution in [0.4, 0.5) is 0 Å². The topological polar surface area (TPSA) is 124 Å².